The molecule has 1 aromatic heterocycles. The molecular formula is C17H27N5O5. The smallest absolute Gasteiger partial charge is 0.320 e. The van der Waals surface area contributed by atoms with Gasteiger partial charge in [-0.15, -0.1) is 0 Å². The highest BCUT2D eigenvalue weighted by Gasteiger charge is 2.32. The van der Waals surface area contributed by atoms with Gasteiger partial charge in [0.25, 0.3) is 0 Å². The first kappa shape index (κ1) is 19.6. The largest absolute Gasteiger partial charge is 0.377 e. The van der Waals surface area contributed by atoms with Crippen LogP contribution >= 0.6 is 0 Å². The Balaban J connectivity index is 1.50. The summed E-state index contributed by atoms with van der Waals surface area (Å²) >= 11 is 0. The Morgan fingerprint density at radius 2 is 2.07 bits per heavy atom. The van der Waals surface area contributed by atoms with Crippen LogP contribution in [0, 0.1) is 0 Å². The number of amides is 3. The second kappa shape index (κ2) is 9.65. The van der Waals surface area contributed by atoms with Gasteiger partial charge in [0.05, 0.1) is 25.8 Å². The monoisotopic (exact) mass is 381 g/mol. The summed E-state index contributed by atoms with van der Waals surface area (Å²) in [6.45, 7) is 3.35. The fourth-order valence-electron chi connectivity index (χ4n) is 3.35. The fraction of sp³-hybridized carbons (Fsp3) is 0.765. The number of rotatable bonds is 6. The highest BCUT2D eigenvalue weighted by molar-refractivity contribution is 5.79. The predicted molar refractivity (Wildman–Crippen MR) is 93.6 cm³/mol. The summed E-state index contributed by atoms with van der Waals surface area (Å²) in [5, 5.41) is 6.50. The normalized spacial score (nSPS) is 20.6. The van der Waals surface area contributed by atoms with Gasteiger partial charge in [0.2, 0.25) is 11.8 Å². The molecule has 1 atom stereocenters. The van der Waals surface area contributed by atoms with E-state index >= 15 is 0 Å². The number of carbonyl (C=O) groups is 2. The van der Waals surface area contributed by atoms with E-state index in [1.165, 1.54) is 6.42 Å². The summed E-state index contributed by atoms with van der Waals surface area (Å²) in [5.74, 6) is 0.561. The molecule has 2 aliphatic rings. The Morgan fingerprint density at radius 1 is 1.26 bits per heavy atom. The van der Waals surface area contributed by atoms with Crippen LogP contribution in [0.3, 0.4) is 0 Å². The van der Waals surface area contributed by atoms with Crippen LogP contribution in [0.15, 0.2) is 4.52 Å². The Morgan fingerprint density at radius 3 is 2.85 bits per heavy atom. The first-order valence-corrected chi connectivity index (χ1v) is 9.37. The molecule has 2 saturated heterocycles. The van der Waals surface area contributed by atoms with Gasteiger partial charge in [-0.1, -0.05) is 5.16 Å². The van der Waals surface area contributed by atoms with Crippen LogP contribution in [-0.4, -0.2) is 77.9 Å². The minimum atomic E-state index is -0.264. The number of likely N-dealkylation sites (tertiary alicyclic amines) is 1. The molecule has 3 heterocycles. The molecular weight excluding hydrogens is 354 g/mol. The number of carbonyl (C=O) groups excluding carboxylic acids is 2. The van der Waals surface area contributed by atoms with Crippen molar-refractivity contribution in [3.05, 3.63) is 11.7 Å². The Hall–Kier alpha value is -2.20. The predicted octanol–water partition coefficient (Wildman–Crippen LogP) is 0.529. The van der Waals surface area contributed by atoms with Crippen molar-refractivity contribution >= 4 is 11.9 Å². The summed E-state index contributed by atoms with van der Waals surface area (Å²) in [5.41, 5.74) is 0. The van der Waals surface area contributed by atoms with Crippen LogP contribution in [0.4, 0.5) is 4.79 Å². The van der Waals surface area contributed by atoms with E-state index in [0.29, 0.717) is 31.5 Å². The van der Waals surface area contributed by atoms with E-state index in [1.54, 1.807) is 12.0 Å². The number of nitrogens with one attached hydrogen (secondary N) is 1. The summed E-state index contributed by atoms with van der Waals surface area (Å²) in [6.07, 6.45) is 3.42. The van der Waals surface area contributed by atoms with Crippen molar-refractivity contribution in [1.29, 1.82) is 0 Å². The third-order valence-electron chi connectivity index (χ3n) is 4.74. The lowest BCUT2D eigenvalue weighted by molar-refractivity contribution is -0.123. The van der Waals surface area contributed by atoms with E-state index in [1.807, 2.05) is 4.90 Å². The Bertz CT molecular complexity index is 631. The van der Waals surface area contributed by atoms with E-state index in [9.17, 15) is 9.59 Å². The minimum Gasteiger partial charge on any atom is -0.377 e. The van der Waals surface area contributed by atoms with Crippen LogP contribution in [0.2, 0.25) is 0 Å². The quantitative estimate of drug-likeness (QED) is 0.765. The van der Waals surface area contributed by atoms with Crippen LogP contribution in [0.1, 0.15) is 37.4 Å². The molecule has 10 nitrogen and oxygen atoms in total. The molecule has 0 aliphatic carbocycles. The van der Waals surface area contributed by atoms with Crippen LogP contribution in [-0.2, 0) is 27.4 Å². The lowest BCUT2D eigenvalue weighted by Crippen LogP contribution is -2.55. The zero-order chi connectivity index (χ0) is 19.1. The molecule has 0 spiro atoms. The summed E-state index contributed by atoms with van der Waals surface area (Å²) in [6, 6.07) is -0.253. The van der Waals surface area contributed by atoms with E-state index in [-0.39, 0.29) is 37.6 Å². The number of urea groups is 1. The maximum Gasteiger partial charge on any atom is 0.320 e. The Labute approximate surface area is 158 Å². The van der Waals surface area contributed by atoms with Gasteiger partial charge < -0.3 is 29.1 Å². The van der Waals surface area contributed by atoms with Crippen LogP contribution < -0.4 is 5.32 Å². The van der Waals surface area contributed by atoms with Gasteiger partial charge in [-0.2, -0.15) is 4.98 Å². The van der Waals surface area contributed by atoms with Gasteiger partial charge in [0, 0.05) is 33.2 Å². The van der Waals surface area contributed by atoms with Crippen molar-refractivity contribution in [2.24, 2.45) is 0 Å². The van der Waals surface area contributed by atoms with Crippen molar-refractivity contribution in [2.45, 2.75) is 44.9 Å². The Kier molecular flexibility index (Phi) is 6.99. The number of aromatic nitrogens is 2. The average Bonchev–Trinajstić information content (AvgIpc) is 3.15. The maximum atomic E-state index is 12.8. The summed E-state index contributed by atoms with van der Waals surface area (Å²) < 4.78 is 15.5. The van der Waals surface area contributed by atoms with Gasteiger partial charge in [0.15, 0.2) is 5.82 Å². The van der Waals surface area contributed by atoms with Gasteiger partial charge in [-0.25, -0.2) is 4.79 Å². The van der Waals surface area contributed by atoms with Crippen LogP contribution in [0.25, 0.3) is 0 Å². The molecule has 150 valence electrons. The highest BCUT2D eigenvalue weighted by atomic mass is 16.5. The zero-order valence-corrected chi connectivity index (χ0v) is 15.7. The number of hydrogen-bond acceptors (Lipinski definition) is 7. The van der Waals surface area contributed by atoms with Crippen molar-refractivity contribution in [1.82, 2.24) is 25.3 Å². The van der Waals surface area contributed by atoms with Crippen LogP contribution in [0.5, 0.6) is 0 Å². The van der Waals surface area contributed by atoms with Gasteiger partial charge in [-0.3, -0.25) is 4.79 Å². The van der Waals surface area contributed by atoms with Crippen molar-refractivity contribution in [3.8, 4) is 0 Å². The maximum absolute atomic E-state index is 12.8. The second-order valence-corrected chi connectivity index (χ2v) is 6.77. The summed E-state index contributed by atoms with van der Waals surface area (Å²) in [4.78, 5) is 32.9. The van der Waals surface area contributed by atoms with E-state index in [2.05, 4.69) is 15.5 Å². The molecule has 0 unspecified atom stereocenters. The number of morpholine rings is 1. The second-order valence-electron chi connectivity index (χ2n) is 6.77. The number of piperidine rings is 1. The molecule has 10 heteroatoms. The molecule has 2 aliphatic heterocycles. The SMILES string of the molecule is COCc1noc(CNC(=O)C[C@@H]2COCCN2C(=O)N2CCCCC2)n1. The van der Waals surface area contributed by atoms with E-state index in [0.717, 1.165) is 25.9 Å². The lowest BCUT2D eigenvalue weighted by atomic mass is 10.1. The van der Waals surface area contributed by atoms with Gasteiger partial charge in [-0.05, 0) is 19.3 Å². The number of hydrogen-bond donors (Lipinski definition) is 1. The molecule has 3 rings (SSSR count). The van der Waals surface area contributed by atoms with E-state index in [4.69, 9.17) is 14.0 Å². The molecule has 27 heavy (non-hydrogen) atoms. The zero-order valence-electron chi connectivity index (χ0n) is 15.7. The average molecular weight is 381 g/mol. The molecule has 2 fully saturated rings. The first-order valence-electron chi connectivity index (χ1n) is 9.37. The van der Waals surface area contributed by atoms with Gasteiger partial charge >= 0.3 is 6.03 Å². The van der Waals surface area contributed by atoms with E-state index < -0.39 is 0 Å². The van der Waals surface area contributed by atoms with Crippen molar-refractivity contribution < 1.29 is 23.6 Å². The number of methoxy groups -OCH3 is 1. The lowest BCUT2D eigenvalue weighted by Gasteiger charge is -2.39. The minimum absolute atomic E-state index is 0.0110. The number of ether oxygens (including phenoxy) is 2. The molecule has 3 amide bonds. The highest BCUT2D eigenvalue weighted by Crippen LogP contribution is 2.17. The first-order chi connectivity index (χ1) is 13.2. The fourth-order valence-corrected chi connectivity index (χ4v) is 3.35. The molecule has 0 bridgehead atoms. The topological polar surface area (TPSA) is 110 Å². The molecule has 1 N–H and O–H groups in total. The molecule has 0 saturated carbocycles. The van der Waals surface area contributed by atoms with Crippen molar-refractivity contribution in [3.63, 3.8) is 0 Å². The standard InChI is InChI=1S/C17H27N5O5/c1-25-12-14-19-16(27-20-14)10-18-15(23)9-13-11-26-8-7-22(13)17(24)21-5-3-2-4-6-21/h13H,2-12H2,1H3,(H,18,23)/t13-/m1/s1. The third kappa shape index (κ3) is 5.39. The van der Waals surface area contributed by atoms with Gasteiger partial charge in [0.1, 0.15) is 6.61 Å². The molecule has 1 aromatic rings. The molecule has 0 radical (unpaired) electrons. The third-order valence-corrected chi connectivity index (χ3v) is 4.74. The number of nitrogens with zero attached hydrogens (tertiary/aromatic N) is 4. The summed E-state index contributed by atoms with van der Waals surface area (Å²) in [7, 11) is 1.54. The molecule has 0 aromatic carbocycles. The van der Waals surface area contributed by atoms with Crippen molar-refractivity contribution in [2.75, 3.05) is 40.0 Å².